The summed E-state index contributed by atoms with van der Waals surface area (Å²) >= 11 is 11.7. The fourth-order valence-electron chi connectivity index (χ4n) is 1.49. The van der Waals surface area contributed by atoms with Gasteiger partial charge in [0.15, 0.2) is 0 Å². The van der Waals surface area contributed by atoms with Gasteiger partial charge in [-0.1, -0.05) is 23.2 Å². The Kier molecular flexibility index (Phi) is 3.19. The number of rotatable bonds is 1. The number of aromatic nitrogens is 1. The first-order valence-corrected chi connectivity index (χ1v) is 5.35. The van der Waals surface area contributed by atoms with Crippen molar-refractivity contribution in [1.29, 1.82) is 0 Å². The van der Waals surface area contributed by atoms with Gasteiger partial charge in [0.25, 0.3) is 5.56 Å². The van der Waals surface area contributed by atoms with E-state index >= 15 is 0 Å². The molecular weight excluding hydrogens is 239 g/mol. The monoisotopic (exact) mass is 248 g/mol. The molecule has 6 heteroatoms. The largest absolute Gasteiger partial charge is 0.378 e. The Morgan fingerprint density at radius 2 is 1.93 bits per heavy atom. The molecule has 0 spiro atoms. The average molecular weight is 249 g/mol. The molecule has 1 aromatic heterocycles. The number of aromatic amines is 1. The summed E-state index contributed by atoms with van der Waals surface area (Å²) in [4.78, 5) is 16.0. The molecule has 1 aromatic rings. The number of nitrogens with zero attached hydrogens (tertiary/aromatic N) is 1. The maximum absolute atomic E-state index is 11.3. The zero-order valence-corrected chi connectivity index (χ0v) is 9.44. The number of morpholine rings is 1. The van der Waals surface area contributed by atoms with Crippen LogP contribution in [-0.4, -0.2) is 31.3 Å². The number of hydrogen-bond acceptors (Lipinski definition) is 3. The summed E-state index contributed by atoms with van der Waals surface area (Å²) in [6.45, 7) is 2.72. The van der Waals surface area contributed by atoms with E-state index in [9.17, 15) is 4.79 Å². The molecule has 1 aliphatic heterocycles. The number of ether oxygens (including phenoxy) is 1. The van der Waals surface area contributed by atoms with Crippen LogP contribution < -0.4 is 10.5 Å². The van der Waals surface area contributed by atoms with Gasteiger partial charge >= 0.3 is 0 Å². The molecule has 4 nitrogen and oxygen atoms in total. The lowest BCUT2D eigenvalue weighted by Gasteiger charge is -2.28. The third-order valence-electron chi connectivity index (χ3n) is 2.26. The second kappa shape index (κ2) is 4.43. The van der Waals surface area contributed by atoms with Crippen molar-refractivity contribution in [3.8, 4) is 0 Å². The van der Waals surface area contributed by atoms with Crippen LogP contribution in [0.5, 0.6) is 0 Å². The molecule has 1 aliphatic rings. The Hall–Kier alpha value is -0.710. The van der Waals surface area contributed by atoms with Crippen molar-refractivity contribution in [2.75, 3.05) is 31.2 Å². The van der Waals surface area contributed by atoms with Crippen LogP contribution in [-0.2, 0) is 4.74 Å². The molecule has 0 atom stereocenters. The van der Waals surface area contributed by atoms with Gasteiger partial charge in [0.1, 0.15) is 10.8 Å². The zero-order valence-electron chi connectivity index (χ0n) is 7.93. The fraction of sp³-hybridized carbons (Fsp3) is 0.444. The molecule has 0 radical (unpaired) electrons. The number of hydrogen-bond donors (Lipinski definition) is 1. The van der Waals surface area contributed by atoms with Crippen LogP contribution in [0.3, 0.4) is 0 Å². The van der Waals surface area contributed by atoms with Crippen molar-refractivity contribution in [3.63, 3.8) is 0 Å². The van der Waals surface area contributed by atoms with Gasteiger partial charge in [0.2, 0.25) is 0 Å². The number of pyridine rings is 1. The van der Waals surface area contributed by atoms with Crippen molar-refractivity contribution in [2.45, 2.75) is 0 Å². The minimum absolute atomic E-state index is 0.108. The van der Waals surface area contributed by atoms with E-state index in [1.807, 2.05) is 4.90 Å². The molecule has 2 heterocycles. The Bertz CT molecular complexity index is 413. The van der Waals surface area contributed by atoms with Gasteiger partial charge < -0.3 is 14.6 Å². The van der Waals surface area contributed by atoms with Crippen molar-refractivity contribution in [1.82, 2.24) is 4.98 Å². The van der Waals surface area contributed by atoms with Crippen LogP contribution >= 0.6 is 23.2 Å². The summed E-state index contributed by atoms with van der Waals surface area (Å²) in [5.41, 5.74) is -0.317. The fourth-order valence-corrected chi connectivity index (χ4v) is 1.98. The standard InChI is InChI=1S/C9H10Cl2N2O2/c10-6-5-7(11)9(14)12-8(6)13-1-3-15-4-2-13/h5H,1-4H2,(H,12,14). The first kappa shape index (κ1) is 10.8. The van der Waals surface area contributed by atoms with Crippen LogP contribution in [0.1, 0.15) is 0 Å². The van der Waals surface area contributed by atoms with E-state index in [0.717, 1.165) is 13.1 Å². The highest BCUT2D eigenvalue weighted by molar-refractivity contribution is 6.35. The lowest BCUT2D eigenvalue weighted by atomic mass is 10.3. The van der Waals surface area contributed by atoms with Gasteiger partial charge in [-0.2, -0.15) is 0 Å². The summed E-state index contributed by atoms with van der Waals surface area (Å²) < 4.78 is 5.21. The normalized spacial score (nSPS) is 16.8. The molecule has 0 amide bonds. The van der Waals surface area contributed by atoms with Gasteiger partial charge in [-0.15, -0.1) is 0 Å². The molecular formula is C9H10Cl2N2O2. The van der Waals surface area contributed by atoms with Gasteiger partial charge in [0.05, 0.1) is 18.2 Å². The quantitative estimate of drug-likeness (QED) is 0.820. The molecule has 0 bridgehead atoms. The first-order chi connectivity index (χ1) is 7.18. The Morgan fingerprint density at radius 1 is 1.27 bits per heavy atom. The minimum Gasteiger partial charge on any atom is -0.378 e. The Balaban J connectivity index is 2.34. The van der Waals surface area contributed by atoms with Crippen molar-refractivity contribution >= 4 is 29.0 Å². The molecule has 1 fully saturated rings. The van der Waals surface area contributed by atoms with Crippen molar-refractivity contribution < 1.29 is 4.74 Å². The third-order valence-corrected chi connectivity index (χ3v) is 2.82. The highest BCUT2D eigenvalue weighted by atomic mass is 35.5. The Labute approximate surface area is 96.7 Å². The van der Waals surface area contributed by atoms with E-state index in [2.05, 4.69) is 4.98 Å². The summed E-state index contributed by atoms with van der Waals surface area (Å²) in [6, 6.07) is 1.47. The predicted octanol–water partition coefficient (Wildman–Crippen LogP) is 1.52. The molecule has 0 saturated carbocycles. The van der Waals surface area contributed by atoms with Gasteiger partial charge in [-0.05, 0) is 6.07 Å². The molecule has 0 unspecified atom stereocenters. The van der Waals surface area contributed by atoms with E-state index in [0.29, 0.717) is 24.1 Å². The van der Waals surface area contributed by atoms with Crippen LogP contribution in [0.25, 0.3) is 0 Å². The van der Waals surface area contributed by atoms with E-state index < -0.39 is 0 Å². The van der Waals surface area contributed by atoms with Gasteiger partial charge in [0, 0.05) is 13.1 Å². The highest BCUT2D eigenvalue weighted by Gasteiger charge is 2.15. The minimum atomic E-state index is -0.317. The summed E-state index contributed by atoms with van der Waals surface area (Å²) in [6.07, 6.45) is 0. The summed E-state index contributed by atoms with van der Waals surface area (Å²) in [5.74, 6) is 0.620. The molecule has 0 aromatic carbocycles. The van der Waals surface area contributed by atoms with Crippen molar-refractivity contribution in [3.05, 3.63) is 26.5 Å². The number of halogens is 2. The van der Waals surface area contributed by atoms with E-state index in [1.165, 1.54) is 6.07 Å². The predicted molar refractivity (Wildman–Crippen MR) is 60.1 cm³/mol. The van der Waals surface area contributed by atoms with E-state index in [-0.39, 0.29) is 10.6 Å². The lowest BCUT2D eigenvalue weighted by Crippen LogP contribution is -2.37. The second-order valence-electron chi connectivity index (χ2n) is 3.24. The second-order valence-corrected chi connectivity index (χ2v) is 4.06. The van der Waals surface area contributed by atoms with Crippen LogP contribution in [0.4, 0.5) is 5.82 Å². The van der Waals surface area contributed by atoms with E-state index in [4.69, 9.17) is 27.9 Å². The number of nitrogens with one attached hydrogen (secondary N) is 1. The SMILES string of the molecule is O=c1[nH]c(N2CCOCC2)c(Cl)cc1Cl. The third kappa shape index (κ3) is 2.27. The molecule has 0 aliphatic carbocycles. The lowest BCUT2D eigenvalue weighted by molar-refractivity contribution is 0.122. The van der Waals surface area contributed by atoms with Crippen molar-refractivity contribution in [2.24, 2.45) is 0 Å². The molecule has 1 saturated heterocycles. The van der Waals surface area contributed by atoms with Crippen LogP contribution in [0, 0.1) is 0 Å². The molecule has 1 N–H and O–H groups in total. The first-order valence-electron chi connectivity index (χ1n) is 4.59. The molecule has 82 valence electrons. The molecule has 2 rings (SSSR count). The highest BCUT2D eigenvalue weighted by Crippen LogP contribution is 2.24. The number of H-pyrrole nitrogens is 1. The summed E-state index contributed by atoms with van der Waals surface area (Å²) in [5, 5.41) is 0.568. The summed E-state index contributed by atoms with van der Waals surface area (Å²) in [7, 11) is 0. The van der Waals surface area contributed by atoms with Gasteiger partial charge in [-0.3, -0.25) is 4.79 Å². The maximum atomic E-state index is 11.3. The van der Waals surface area contributed by atoms with Crippen LogP contribution in [0.2, 0.25) is 10.0 Å². The topological polar surface area (TPSA) is 45.3 Å². The van der Waals surface area contributed by atoms with Crippen LogP contribution in [0.15, 0.2) is 10.9 Å². The maximum Gasteiger partial charge on any atom is 0.268 e. The number of anilines is 1. The zero-order chi connectivity index (χ0) is 10.8. The Morgan fingerprint density at radius 3 is 2.60 bits per heavy atom. The smallest absolute Gasteiger partial charge is 0.268 e. The average Bonchev–Trinajstić information content (AvgIpc) is 2.25. The molecule has 15 heavy (non-hydrogen) atoms. The van der Waals surface area contributed by atoms with E-state index in [1.54, 1.807) is 0 Å². The van der Waals surface area contributed by atoms with Gasteiger partial charge in [-0.25, -0.2) is 0 Å².